The van der Waals surface area contributed by atoms with Gasteiger partial charge in [-0.25, -0.2) is 4.79 Å². The number of anilines is 1. The van der Waals surface area contributed by atoms with Gasteiger partial charge in [0.25, 0.3) is 0 Å². The number of nitrogens with one attached hydrogen (secondary N) is 3. The number of amides is 2. The molecule has 1 aromatic carbocycles. The molecule has 1 aromatic rings. The molecule has 2 amide bonds. The number of carbonyl (C=O) groups excluding carboxylic acids is 1. The minimum atomic E-state index is -0.300. The molecule has 0 radical (unpaired) electrons. The minimum absolute atomic E-state index is 0.300. The van der Waals surface area contributed by atoms with E-state index in [4.69, 9.17) is 28.6 Å². The normalized spacial score (nSPS) is 15.5. The van der Waals surface area contributed by atoms with Gasteiger partial charge < -0.3 is 16.0 Å². The maximum absolute atomic E-state index is 11.8. The molecule has 0 bridgehead atoms. The highest BCUT2D eigenvalue weighted by atomic mass is 35.5. The summed E-state index contributed by atoms with van der Waals surface area (Å²) in [6.45, 7) is 3.45. The van der Waals surface area contributed by atoms with Gasteiger partial charge in [-0.05, 0) is 56.4 Å². The van der Waals surface area contributed by atoms with E-state index >= 15 is 0 Å². The van der Waals surface area contributed by atoms with E-state index in [0.717, 1.165) is 31.5 Å². The predicted molar refractivity (Wildman–Crippen MR) is 110 cm³/mol. The van der Waals surface area contributed by atoms with E-state index in [9.17, 15) is 4.79 Å². The summed E-state index contributed by atoms with van der Waals surface area (Å²) in [5.74, 6) is 0. The molecule has 0 saturated heterocycles. The topological polar surface area (TPSA) is 77.3 Å². The highest BCUT2D eigenvalue weighted by Gasteiger charge is 2.07. The molecular weight excluding hydrogens is 371 g/mol. The number of hydrogen-bond acceptors (Lipinski definition) is 3. The van der Waals surface area contributed by atoms with E-state index in [1.807, 2.05) is 6.92 Å². The van der Waals surface area contributed by atoms with Gasteiger partial charge in [0.1, 0.15) is 0 Å². The molecule has 140 valence electrons. The Morgan fingerprint density at radius 3 is 2.88 bits per heavy atom. The van der Waals surface area contributed by atoms with Crippen molar-refractivity contribution in [3.05, 3.63) is 39.9 Å². The Balaban J connectivity index is 1.64. The SMILES string of the molecule is CC1=NCCC/C1=C/CC(=N)CCCNC(=O)Nc1ccc(Cl)c(Cl)c1. The smallest absolute Gasteiger partial charge is 0.319 e. The predicted octanol–water partition coefficient (Wildman–Crippen LogP) is 5.49. The third-order valence-electron chi connectivity index (χ3n) is 4.13. The number of nitrogens with zero attached hydrogens (tertiary/aromatic N) is 1. The van der Waals surface area contributed by atoms with Crippen molar-refractivity contribution in [2.75, 3.05) is 18.4 Å². The maximum Gasteiger partial charge on any atom is 0.319 e. The molecule has 0 aromatic heterocycles. The van der Waals surface area contributed by atoms with Crippen LogP contribution in [0.5, 0.6) is 0 Å². The molecular formula is C19H24Cl2N4O. The lowest BCUT2D eigenvalue weighted by molar-refractivity contribution is 0.252. The van der Waals surface area contributed by atoms with Gasteiger partial charge in [-0.15, -0.1) is 0 Å². The van der Waals surface area contributed by atoms with E-state index in [-0.39, 0.29) is 6.03 Å². The van der Waals surface area contributed by atoms with Crippen LogP contribution in [0.2, 0.25) is 10.0 Å². The standard InChI is InChI=1S/C19H24Cl2N4O/c1-13-14(4-2-10-23-13)6-7-15(22)5-3-11-24-19(26)25-16-8-9-17(20)18(21)12-16/h6,8-9,12,22H,2-5,7,10-11H2,1H3,(H2,24,25,26)/b14-6-,22-15?. The van der Waals surface area contributed by atoms with Gasteiger partial charge in [-0.2, -0.15) is 0 Å². The zero-order valence-corrected chi connectivity index (χ0v) is 16.4. The van der Waals surface area contributed by atoms with Crippen molar-refractivity contribution < 1.29 is 4.79 Å². The molecule has 2 rings (SSSR count). The Bertz CT molecular complexity index is 728. The fourth-order valence-electron chi connectivity index (χ4n) is 2.65. The molecule has 5 nitrogen and oxygen atoms in total. The van der Waals surface area contributed by atoms with Gasteiger partial charge in [0, 0.05) is 36.6 Å². The van der Waals surface area contributed by atoms with Crippen molar-refractivity contribution in [2.24, 2.45) is 4.99 Å². The summed E-state index contributed by atoms with van der Waals surface area (Å²) in [5, 5.41) is 14.4. The summed E-state index contributed by atoms with van der Waals surface area (Å²) >= 11 is 11.8. The number of urea groups is 1. The Kier molecular flexibility index (Phi) is 8.13. The number of halogens is 2. The van der Waals surface area contributed by atoms with Crippen LogP contribution in [0.25, 0.3) is 0 Å². The molecule has 0 unspecified atom stereocenters. The number of aliphatic imine (C=N–C) groups is 1. The molecule has 7 heteroatoms. The van der Waals surface area contributed by atoms with Gasteiger partial charge >= 0.3 is 6.03 Å². The lowest BCUT2D eigenvalue weighted by Gasteiger charge is -2.12. The van der Waals surface area contributed by atoms with Gasteiger partial charge in [-0.3, -0.25) is 4.99 Å². The third kappa shape index (κ3) is 6.81. The van der Waals surface area contributed by atoms with Crippen molar-refractivity contribution in [3.63, 3.8) is 0 Å². The fraction of sp³-hybridized carbons (Fsp3) is 0.421. The van der Waals surface area contributed by atoms with E-state index in [0.29, 0.717) is 40.8 Å². The first-order valence-corrected chi connectivity index (χ1v) is 9.48. The lowest BCUT2D eigenvalue weighted by Crippen LogP contribution is -2.29. The molecule has 1 heterocycles. The first kappa shape index (κ1) is 20.5. The summed E-state index contributed by atoms with van der Waals surface area (Å²) in [4.78, 5) is 16.3. The molecule has 0 atom stereocenters. The second-order valence-electron chi connectivity index (χ2n) is 6.22. The molecule has 1 aliphatic heterocycles. The zero-order chi connectivity index (χ0) is 18.9. The number of rotatable bonds is 7. The fourth-order valence-corrected chi connectivity index (χ4v) is 2.95. The second-order valence-corrected chi connectivity index (χ2v) is 7.04. The summed E-state index contributed by atoms with van der Waals surface area (Å²) < 4.78 is 0. The van der Waals surface area contributed by atoms with Crippen molar-refractivity contribution in [1.82, 2.24) is 5.32 Å². The van der Waals surface area contributed by atoms with Crippen LogP contribution in [0.4, 0.5) is 10.5 Å². The summed E-state index contributed by atoms with van der Waals surface area (Å²) in [6.07, 6.45) is 6.30. The number of carbonyl (C=O) groups is 1. The van der Waals surface area contributed by atoms with Crippen LogP contribution >= 0.6 is 23.2 Å². The molecule has 1 aliphatic rings. The Labute approximate surface area is 164 Å². The Hall–Kier alpha value is -1.85. The number of benzene rings is 1. The van der Waals surface area contributed by atoms with E-state index in [2.05, 4.69) is 21.7 Å². The average molecular weight is 395 g/mol. The monoisotopic (exact) mass is 394 g/mol. The summed E-state index contributed by atoms with van der Waals surface area (Å²) in [5.41, 5.74) is 3.62. The highest BCUT2D eigenvalue weighted by molar-refractivity contribution is 6.42. The van der Waals surface area contributed by atoms with Crippen LogP contribution in [0.15, 0.2) is 34.8 Å². The molecule has 0 spiro atoms. The largest absolute Gasteiger partial charge is 0.338 e. The number of hydrogen-bond donors (Lipinski definition) is 3. The summed E-state index contributed by atoms with van der Waals surface area (Å²) in [6, 6.07) is 4.62. The Morgan fingerprint density at radius 1 is 1.35 bits per heavy atom. The number of allylic oxidation sites excluding steroid dienone is 2. The van der Waals surface area contributed by atoms with E-state index in [1.54, 1.807) is 18.2 Å². The van der Waals surface area contributed by atoms with E-state index < -0.39 is 0 Å². The van der Waals surface area contributed by atoms with Crippen molar-refractivity contribution in [3.8, 4) is 0 Å². The quantitative estimate of drug-likeness (QED) is 0.415. The van der Waals surface area contributed by atoms with Gasteiger partial charge in [0.15, 0.2) is 0 Å². The van der Waals surface area contributed by atoms with Gasteiger partial charge in [-0.1, -0.05) is 29.3 Å². The maximum atomic E-state index is 11.8. The minimum Gasteiger partial charge on any atom is -0.338 e. The molecule has 0 saturated carbocycles. The molecule has 0 fully saturated rings. The van der Waals surface area contributed by atoms with Crippen LogP contribution in [-0.4, -0.2) is 30.5 Å². The first-order valence-electron chi connectivity index (χ1n) is 8.72. The van der Waals surface area contributed by atoms with Crippen molar-refractivity contribution in [2.45, 2.75) is 39.0 Å². The second kappa shape index (κ2) is 10.3. The van der Waals surface area contributed by atoms with Crippen LogP contribution in [-0.2, 0) is 0 Å². The third-order valence-corrected chi connectivity index (χ3v) is 4.87. The zero-order valence-electron chi connectivity index (χ0n) is 14.9. The Morgan fingerprint density at radius 2 is 2.15 bits per heavy atom. The van der Waals surface area contributed by atoms with Crippen molar-refractivity contribution >= 4 is 46.3 Å². The molecule has 26 heavy (non-hydrogen) atoms. The molecule has 3 N–H and O–H groups in total. The first-order chi connectivity index (χ1) is 12.5. The molecule has 0 aliphatic carbocycles. The lowest BCUT2D eigenvalue weighted by atomic mass is 10.00. The van der Waals surface area contributed by atoms with Crippen LogP contribution in [0, 0.1) is 5.41 Å². The van der Waals surface area contributed by atoms with Gasteiger partial charge in [0.05, 0.1) is 10.0 Å². The van der Waals surface area contributed by atoms with Crippen LogP contribution < -0.4 is 10.6 Å². The van der Waals surface area contributed by atoms with Gasteiger partial charge in [0.2, 0.25) is 0 Å². The van der Waals surface area contributed by atoms with Crippen LogP contribution in [0.3, 0.4) is 0 Å². The van der Waals surface area contributed by atoms with Crippen LogP contribution in [0.1, 0.15) is 39.0 Å². The average Bonchev–Trinajstić information content (AvgIpc) is 2.61. The van der Waals surface area contributed by atoms with E-state index in [1.165, 1.54) is 5.57 Å². The summed E-state index contributed by atoms with van der Waals surface area (Å²) in [7, 11) is 0. The highest BCUT2D eigenvalue weighted by Crippen LogP contribution is 2.24. The van der Waals surface area contributed by atoms with Crippen molar-refractivity contribution in [1.29, 1.82) is 5.41 Å².